The summed E-state index contributed by atoms with van der Waals surface area (Å²) in [5, 5.41) is 10.3. The summed E-state index contributed by atoms with van der Waals surface area (Å²) in [6.07, 6.45) is 5.57. The molecule has 1 aromatic rings. The first-order valence-corrected chi connectivity index (χ1v) is 8.95. The van der Waals surface area contributed by atoms with Crippen LogP contribution >= 0.6 is 0 Å². The smallest absolute Gasteiger partial charge is 0.175 e. The van der Waals surface area contributed by atoms with Crippen molar-refractivity contribution in [2.24, 2.45) is 0 Å². The average Bonchev–Trinajstić information content (AvgIpc) is 2.91. The van der Waals surface area contributed by atoms with E-state index < -0.39 is 15.9 Å². The van der Waals surface area contributed by atoms with Gasteiger partial charge in [0.25, 0.3) is 0 Å². The Bertz CT molecular complexity index is 533. The summed E-state index contributed by atoms with van der Waals surface area (Å²) >= 11 is 0. The third kappa shape index (κ3) is 3.81. The van der Waals surface area contributed by atoms with Gasteiger partial charge < -0.3 is 10.0 Å². The van der Waals surface area contributed by atoms with E-state index in [2.05, 4.69) is 4.90 Å². The molecule has 0 radical (unpaired) electrons. The summed E-state index contributed by atoms with van der Waals surface area (Å²) in [5.74, 6) is 0. The molecule has 5 heteroatoms. The van der Waals surface area contributed by atoms with E-state index in [1.54, 1.807) is 24.3 Å². The van der Waals surface area contributed by atoms with Gasteiger partial charge in [0.2, 0.25) is 0 Å². The lowest BCUT2D eigenvalue weighted by atomic mass is 10.1. The normalized spacial score (nSPS) is 18.6. The second-order valence-corrected chi connectivity index (χ2v) is 7.75. The van der Waals surface area contributed by atoms with Crippen molar-refractivity contribution in [2.45, 2.75) is 42.7 Å². The molecule has 1 atom stereocenters. The number of sulfone groups is 1. The number of benzene rings is 1. The summed E-state index contributed by atoms with van der Waals surface area (Å²) in [7, 11) is -1.13. The molecule has 0 amide bonds. The number of rotatable bonds is 5. The molecule has 0 heterocycles. The van der Waals surface area contributed by atoms with E-state index in [0.717, 1.165) is 5.56 Å². The highest BCUT2D eigenvalue weighted by molar-refractivity contribution is 7.90. The summed E-state index contributed by atoms with van der Waals surface area (Å²) in [6, 6.07) is 7.08. The largest absolute Gasteiger partial charge is 0.387 e. The fraction of sp³-hybridized carbons (Fsp3) is 0.600. The second kappa shape index (κ2) is 6.24. The number of aliphatic hydroxyl groups excluding tert-OH is 1. The lowest BCUT2D eigenvalue weighted by molar-refractivity contribution is 0.105. The third-order valence-corrected chi connectivity index (χ3v) is 5.23. The molecule has 1 aromatic carbocycles. The Morgan fingerprint density at radius 3 is 2.30 bits per heavy atom. The minimum Gasteiger partial charge on any atom is -0.387 e. The van der Waals surface area contributed by atoms with Crippen LogP contribution in [0.4, 0.5) is 0 Å². The molecule has 112 valence electrons. The Morgan fingerprint density at radius 2 is 1.80 bits per heavy atom. The molecule has 4 nitrogen and oxygen atoms in total. The molecule has 1 unspecified atom stereocenters. The molecule has 2 rings (SSSR count). The molecule has 1 saturated carbocycles. The van der Waals surface area contributed by atoms with Gasteiger partial charge in [-0.05, 0) is 37.6 Å². The van der Waals surface area contributed by atoms with E-state index in [1.807, 2.05) is 7.05 Å². The van der Waals surface area contributed by atoms with Crippen LogP contribution in [0.3, 0.4) is 0 Å². The van der Waals surface area contributed by atoms with Gasteiger partial charge in [-0.15, -0.1) is 0 Å². The Kier molecular flexibility index (Phi) is 4.83. The molecule has 0 aromatic heterocycles. The molecule has 0 aliphatic heterocycles. The van der Waals surface area contributed by atoms with Crippen LogP contribution in [0.5, 0.6) is 0 Å². The predicted octanol–water partition coefficient (Wildman–Crippen LogP) is 2.00. The molecule has 1 fully saturated rings. The molecule has 20 heavy (non-hydrogen) atoms. The Hall–Kier alpha value is -0.910. The van der Waals surface area contributed by atoms with Gasteiger partial charge in [0.1, 0.15) is 0 Å². The number of hydrogen-bond donors (Lipinski definition) is 1. The van der Waals surface area contributed by atoms with Gasteiger partial charge in [0, 0.05) is 18.8 Å². The number of aliphatic hydroxyl groups is 1. The molecule has 0 spiro atoms. The monoisotopic (exact) mass is 297 g/mol. The zero-order valence-electron chi connectivity index (χ0n) is 12.1. The first-order valence-electron chi connectivity index (χ1n) is 7.06. The zero-order chi connectivity index (χ0) is 14.8. The second-order valence-electron chi connectivity index (χ2n) is 5.73. The van der Waals surface area contributed by atoms with Gasteiger partial charge in [0.15, 0.2) is 9.84 Å². The standard InChI is InChI=1S/C15H23NO3S/c1-16(13-5-3-4-6-13)11-15(17)12-7-9-14(10-8-12)20(2,18)19/h7-10,13,15,17H,3-6,11H2,1-2H3. The van der Waals surface area contributed by atoms with Crippen LogP contribution in [0.15, 0.2) is 29.2 Å². The van der Waals surface area contributed by atoms with Crippen molar-refractivity contribution in [3.63, 3.8) is 0 Å². The molecule has 0 saturated heterocycles. The van der Waals surface area contributed by atoms with Gasteiger partial charge in [-0.3, -0.25) is 0 Å². The fourth-order valence-electron chi connectivity index (χ4n) is 2.81. The van der Waals surface area contributed by atoms with Crippen LogP contribution in [-0.4, -0.2) is 44.3 Å². The summed E-state index contributed by atoms with van der Waals surface area (Å²) in [4.78, 5) is 2.50. The van der Waals surface area contributed by atoms with Crippen LogP contribution in [0.2, 0.25) is 0 Å². The van der Waals surface area contributed by atoms with Crippen molar-refractivity contribution < 1.29 is 13.5 Å². The van der Waals surface area contributed by atoms with Crippen LogP contribution in [0, 0.1) is 0 Å². The van der Waals surface area contributed by atoms with Crippen molar-refractivity contribution in [3.05, 3.63) is 29.8 Å². The molecular formula is C15H23NO3S. The first-order chi connectivity index (χ1) is 9.38. The maximum atomic E-state index is 11.4. The zero-order valence-corrected chi connectivity index (χ0v) is 12.9. The lowest BCUT2D eigenvalue weighted by Crippen LogP contribution is -2.33. The topological polar surface area (TPSA) is 57.6 Å². The quantitative estimate of drug-likeness (QED) is 0.903. The fourth-order valence-corrected chi connectivity index (χ4v) is 3.44. The lowest BCUT2D eigenvalue weighted by Gasteiger charge is -2.26. The van der Waals surface area contributed by atoms with E-state index in [0.29, 0.717) is 12.6 Å². The van der Waals surface area contributed by atoms with E-state index in [9.17, 15) is 13.5 Å². The number of hydrogen-bond acceptors (Lipinski definition) is 4. The van der Waals surface area contributed by atoms with Crippen molar-refractivity contribution in [1.82, 2.24) is 4.90 Å². The number of nitrogens with zero attached hydrogens (tertiary/aromatic N) is 1. The molecule has 0 bridgehead atoms. The van der Waals surface area contributed by atoms with E-state index in [-0.39, 0.29) is 4.90 Å². The predicted molar refractivity (Wildman–Crippen MR) is 79.4 cm³/mol. The molecular weight excluding hydrogens is 274 g/mol. The van der Waals surface area contributed by atoms with Gasteiger partial charge >= 0.3 is 0 Å². The highest BCUT2D eigenvalue weighted by Crippen LogP contribution is 2.24. The Morgan fingerprint density at radius 1 is 1.25 bits per heavy atom. The van der Waals surface area contributed by atoms with Gasteiger partial charge in [-0.2, -0.15) is 0 Å². The van der Waals surface area contributed by atoms with Crippen LogP contribution < -0.4 is 0 Å². The third-order valence-electron chi connectivity index (χ3n) is 4.10. The minimum absolute atomic E-state index is 0.289. The maximum absolute atomic E-state index is 11.4. The van der Waals surface area contributed by atoms with Crippen molar-refractivity contribution in [3.8, 4) is 0 Å². The van der Waals surface area contributed by atoms with E-state index in [1.165, 1.54) is 31.9 Å². The first kappa shape index (κ1) is 15.5. The van der Waals surface area contributed by atoms with Crippen LogP contribution in [-0.2, 0) is 9.84 Å². The molecule has 1 N–H and O–H groups in total. The van der Waals surface area contributed by atoms with Gasteiger partial charge in [-0.1, -0.05) is 25.0 Å². The van der Waals surface area contributed by atoms with Crippen LogP contribution in [0.1, 0.15) is 37.4 Å². The maximum Gasteiger partial charge on any atom is 0.175 e. The average molecular weight is 297 g/mol. The molecule has 1 aliphatic rings. The van der Waals surface area contributed by atoms with Crippen LogP contribution in [0.25, 0.3) is 0 Å². The summed E-state index contributed by atoms with van der Waals surface area (Å²) in [5.41, 5.74) is 0.766. The highest BCUT2D eigenvalue weighted by atomic mass is 32.2. The van der Waals surface area contributed by atoms with E-state index in [4.69, 9.17) is 0 Å². The SMILES string of the molecule is CN(CC(O)c1ccc(S(C)(=O)=O)cc1)C1CCCC1. The highest BCUT2D eigenvalue weighted by Gasteiger charge is 2.22. The Balaban J connectivity index is 2.00. The van der Waals surface area contributed by atoms with Gasteiger partial charge in [-0.25, -0.2) is 8.42 Å². The van der Waals surface area contributed by atoms with Crippen molar-refractivity contribution in [2.75, 3.05) is 19.8 Å². The van der Waals surface area contributed by atoms with Crippen molar-refractivity contribution in [1.29, 1.82) is 0 Å². The van der Waals surface area contributed by atoms with E-state index >= 15 is 0 Å². The minimum atomic E-state index is -3.17. The summed E-state index contributed by atoms with van der Waals surface area (Å²) in [6.45, 7) is 0.586. The van der Waals surface area contributed by atoms with Crippen molar-refractivity contribution >= 4 is 9.84 Å². The molecule has 1 aliphatic carbocycles. The van der Waals surface area contributed by atoms with Gasteiger partial charge in [0.05, 0.1) is 11.0 Å². The number of likely N-dealkylation sites (N-methyl/N-ethyl adjacent to an activating group) is 1. The summed E-state index contributed by atoms with van der Waals surface area (Å²) < 4.78 is 22.8. The Labute approximate surface area is 121 Å².